The number of hydrogen-bond donors (Lipinski definition) is 2. The molecule has 1 aromatic rings. The van der Waals surface area contributed by atoms with Crippen molar-refractivity contribution < 1.29 is 14.3 Å². The summed E-state index contributed by atoms with van der Waals surface area (Å²) in [4.78, 5) is 47.9. The summed E-state index contributed by atoms with van der Waals surface area (Å²) in [5.74, 6) is -0.766. The molecule has 0 unspecified atom stereocenters. The SMILES string of the molecule is CC(=O)NN(CCCn1ccc(=O)[nH]c1=O)CC(=O)OC(C)(C)C. The van der Waals surface area contributed by atoms with Crippen LogP contribution in [-0.2, 0) is 20.9 Å². The zero-order valence-electron chi connectivity index (χ0n) is 14.4. The third-order valence-corrected chi connectivity index (χ3v) is 2.78. The van der Waals surface area contributed by atoms with E-state index in [0.717, 1.165) is 0 Å². The Bertz CT molecular complexity index is 686. The van der Waals surface area contributed by atoms with E-state index in [1.54, 1.807) is 20.8 Å². The topological polar surface area (TPSA) is 113 Å². The lowest BCUT2D eigenvalue weighted by Gasteiger charge is -2.25. The van der Waals surface area contributed by atoms with Crippen LogP contribution in [0, 0.1) is 0 Å². The maximum Gasteiger partial charge on any atom is 0.328 e. The van der Waals surface area contributed by atoms with E-state index < -0.39 is 22.8 Å². The molecule has 9 heteroatoms. The van der Waals surface area contributed by atoms with Crippen molar-refractivity contribution in [3.63, 3.8) is 0 Å². The summed E-state index contributed by atoms with van der Waals surface area (Å²) >= 11 is 0. The summed E-state index contributed by atoms with van der Waals surface area (Å²) in [5, 5.41) is 1.44. The molecule has 0 spiro atoms. The number of aromatic amines is 1. The Hall–Kier alpha value is -2.42. The average molecular weight is 340 g/mol. The summed E-state index contributed by atoms with van der Waals surface area (Å²) < 4.78 is 6.57. The average Bonchev–Trinajstić information content (AvgIpc) is 2.38. The van der Waals surface area contributed by atoms with Gasteiger partial charge in [-0.15, -0.1) is 0 Å². The highest BCUT2D eigenvalue weighted by Gasteiger charge is 2.19. The molecule has 1 rings (SSSR count). The molecule has 1 aromatic heterocycles. The second-order valence-electron chi connectivity index (χ2n) is 6.33. The molecule has 1 amide bonds. The summed E-state index contributed by atoms with van der Waals surface area (Å²) in [6.45, 7) is 7.19. The summed E-state index contributed by atoms with van der Waals surface area (Å²) in [6.07, 6.45) is 1.88. The Balaban J connectivity index is 2.59. The number of H-pyrrole nitrogens is 1. The summed E-state index contributed by atoms with van der Waals surface area (Å²) in [7, 11) is 0. The van der Waals surface area contributed by atoms with Crippen LogP contribution in [0.15, 0.2) is 21.9 Å². The van der Waals surface area contributed by atoms with Crippen LogP contribution in [0.5, 0.6) is 0 Å². The van der Waals surface area contributed by atoms with Gasteiger partial charge in [-0.2, -0.15) is 0 Å². The minimum absolute atomic E-state index is 0.0998. The lowest BCUT2D eigenvalue weighted by molar-refractivity contribution is -0.157. The van der Waals surface area contributed by atoms with Gasteiger partial charge < -0.3 is 9.30 Å². The van der Waals surface area contributed by atoms with Crippen molar-refractivity contribution in [2.45, 2.75) is 46.3 Å². The van der Waals surface area contributed by atoms with Gasteiger partial charge >= 0.3 is 11.7 Å². The molecule has 0 atom stereocenters. The highest BCUT2D eigenvalue weighted by molar-refractivity contribution is 5.75. The van der Waals surface area contributed by atoms with Crippen LogP contribution in [-0.4, -0.2) is 45.1 Å². The van der Waals surface area contributed by atoms with Gasteiger partial charge in [0.2, 0.25) is 5.91 Å². The fourth-order valence-electron chi connectivity index (χ4n) is 1.98. The number of nitrogens with zero attached hydrogens (tertiary/aromatic N) is 2. The second kappa shape index (κ2) is 8.44. The Morgan fingerprint density at radius 3 is 2.54 bits per heavy atom. The number of ether oxygens (including phenoxy) is 1. The van der Waals surface area contributed by atoms with E-state index >= 15 is 0 Å². The Kier molecular flexibility index (Phi) is 6.90. The first-order chi connectivity index (χ1) is 11.1. The zero-order chi connectivity index (χ0) is 18.3. The fraction of sp³-hybridized carbons (Fsp3) is 0.600. The molecule has 0 aliphatic rings. The molecule has 2 N–H and O–H groups in total. The van der Waals surface area contributed by atoms with Gasteiger partial charge in [-0.05, 0) is 27.2 Å². The smallest absolute Gasteiger partial charge is 0.328 e. The van der Waals surface area contributed by atoms with Crippen LogP contribution in [0.2, 0.25) is 0 Å². The quantitative estimate of drug-likeness (QED) is 0.517. The number of esters is 1. The van der Waals surface area contributed by atoms with Crippen LogP contribution in [0.4, 0.5) is 0 Å². The third-order valence-electron chi connectivity index (χ3n) is 2.78. The zero-order valence-corrected chi connectivity index (χ0v) is 14.4. The van der Waals surface area contributed by atoms with Gasteiger partial charge in [0.15, 0.2) is 0 Å². The standard InChI is InChI=1S/C15H24N4O5/c1-11(20)17-19(10-13(22)24-15(2,3)4)8-5-7-18-9-6-12(21)16-14(18)23/h6,9H,5,7-8,10H2,1-4H3,(H,17,20)(H,16,21,23). The number of hydrogen-bond acceptors (Lipinski definition) is 6. The monoisotopic (exact) mass is 340 g/mol. The van der Waals surface area contributed by atoms with Crippen LogP contribution in [0.3, 0.4) is 0 Å². The molecule has 0 fully saturated rings. The number of aryl methyl sites for hydroxylation is 1. The van der Waals surface area contributed by atoms with Gasteiger partial charge in [-0.3, -0.25) is 24.8 Å². The third kappa shape index (κ3) is 7.73. The van der Waals surface area contributed by atoms with Crippen LogP contribution >= 0.6 is 0 Å². The number of carbonyl (C=O) groups is 2. The normalized spacial score (nSPS) is 11.4. The van der Waals surface area contributed by atoms with Crippen molar-refractivity contribution in [1.82, 2.24) is 20.0 Å². The Morgan fingerprint density at radius 2 is 2.00 bits per heavy atom. The van der Waals surface area contributed by atoms with E-state index in [1.165, 1.54) is 28.8 Å². The number of carbonyl (C=O) groups excluding carboxylic acids is 2. The molecule has 0 aromatic carbocycles. The van der Waals surface area contributed by atoms with E-state index in [0.29, 0.717) is 19.5 Å². The molecular formula is C15H24N4O5. The second-order valence-corrected chi connectivity index (χ2v) is 6.33. The highest BCUT2D eigenvalue weighted by atomic mass is 16.6. The molecule has 9 nitrogen and oxygen atoms in total. The van der Waals surface area contributed by atoms with Gasteiger partial charge in [0, 0.05) is 32.3 Å². The molecule has 1 heterocycles. The number of rotatable bonds is 7. The molecule has 24 heavy (non-hydrogen) atoms. The van der Waals surface area contributed by atoms with Crippen LogP contribution in [0.25, 0.3) is 0 Å². The maximum atomic E-state index is 11.9. The predicted octanol–water partition coefficient (Wildman–Crippen LogP) is -0.378. The first-order valence-electron chi connectivity index (χ1n) is 7.60. The van der Waals surface area contributed by atoms with Gasteiger partial charge in [0.1, 0.15) is 12.1 Å². The van der Waals surface area contributed by atoms with Crippen molar-refractivity contribution in [1.29, 1.82) is 0 Å². The predicted molar refractivity (Wildman–Crippen MR) is 87.2 cm³/mol. The number of aromatic nitrogens is 2. The number of nitrogens with one attached hydrogen (secondary N) is 2. The Morgan fingerprint density at radius 1 is 1.33 bits per heavy atom. The van der Waals surface area contributed by atoms with Gasteiger partial charge in [0.05, 0.1) is 0 Å². The Labute approximate surface area is 139 Å². The van der Waals surface area contributed by atoms with E-state index in [2.05, 4.69) is 10.4 Å². The van der Waals surface area contributed by atoms with Crippen LogP contribution < -0.4 is 16.7 Å². The van der Waals surface area contributed by atoms with E-state index in [9.17, 15) is 19.2 Å². The van der Waals surface area contributed by atoms with E-state index in [1.807, 2.05) is 0 Å². The lowest BCUT2D eigenvalue weighted by Crippen LogP contribution is -2.46. The molecule has 0 aliphatic heterocycles. The highest BCUT2D eigenvalue weighted by Crippen LogP contribution is 2.07. The van der Waals surface area contributed by atoms with Crippen molar-refractivity contribution in [2.75, 3.05) is 13.1 Å². The molecular weight excluding hydrogens is 316 g/mol. The minimum Gasteiger partial charge on any atom is -0.459 e. The molecule has 0 bridgehead atoms. The molecule has 0 radical (unpaired) electrons. The van der Waals surface area contributed by atoms with E-state index in [4.69, 9.17) is 4.74 Å². The molecule has 134 valence electrons. The largest absolute Gasteiger partial charge is 0.459 e. The first kappa shape index (κ1) is 19.6. The number of hydrazine groups is 1. The van der Waals surface area contributed by atoms with Crippen LogP contribution in [0.1, 0.15) is 34.1 Å². The van der Waals surface area contributed by atoms with E-state index in [-0.39, 0.29) is 12.5 Å². The van der Waals surface area contributed by atoms with Crippen molar-refractivity contribution in [2.24, 2.45) is 0 Å². The van der Waals surface area contributed by atoms with Crippen molar-refractivity contribution in [3.8, 4) is 0 Å². The summed E-state index contributed by atoms with van der Waals surface area (Å²) in [5.41, 5.74) is 0.989. The van der Waals surface area contributed by atoms with Crippen molar-refractivity contribution in [3.05, 3.63) is 33.1 Å². The number of amides is 1. The maximum absolute atomic E-state index is 11.9. The molecule has 0 saturated heterocycles. The van der Waals surface area contributed by atoms with Gasteiger partial charge in [-0.25, -0.2) is 9.80 Å². The summed E-state index contributed by atoms with van der Waals surface area (Å²) in [6, 6.07) is 1.26. The molecule has 0 aliphatic carbocycles. The minimum atomic E-state index is -0.609. The van der Waals surface area contributed by atoms with Crippen molar-refractivity contribution >= 4 is 11.9 Å². The lowest BCUT2D eigenvalue weighted by atomic mass is 10.2. The first-order valence-corrected chi connectivity index (χ1v) is 7.60. The fourth-order valence-corrected chi connectivity index (χ4v) is 1.98. The molecule has 0 saturated carbocycles. The van der Waals surface area contributed by atoms with Gasteiger partial charge in [-0.1, -0.05) is 0 Å². The van der Waals surface area contributed by atoms with Gasteiger partial charge in [0.25, 0.3) is 5.56 Å².